The quantitative estimate of drug-likeness (QED) is 0.563. The molecule has 0 bridgehead atoms. The Labute approximate surface area is 163 Å². The van der Waals surface area contributed by atoms with E-state index in [-0.39, 0.29) is 5.41 Å². The van der Waals surface area contributed by atoms with E-state index in [1.165, 1.54) is 0 Å². The van der Waals surface area contributed by atoms with E-state index in [1.807, 2.05) is 24.3 Å². The van der Waals surface area contributed by atoms with Crippen molar-refractivity contribution in [3.63, 3.8) is 0 Å². The molecule has 0 saturated heterocycles. The Bertz CT molecular complexity index is 673. The van der Waals surface area contributed by atoms with Crippen LogP contribution in [0.1, 0.15) is 38.3 Å². The predicted molar refractivity (Wildman–Crippen MR) is 102 cm³/mol. The SMILES string of the molecule is CCC(C)(C)c1cc(-c2ccccc2)cc(C=NC)c1O.[Cl][Zr][Cl]. The van der Waals surface area contributed by atoms with Gasteiger partial charge in [-0.25, -0.2) is 0 Å². The Morgan fingerprint density at radius 1 is 1.12 bits per heavy atom. The molecule has 1 N–H and O–H groups in total. The van der Waals surface area contributed by atoms with Gasteiger partial charge in [0, 0.05) is 24.4 Å². The second-order valence-electron chi connectivity index (χ2n) is 6.02. The third-order valence-corrected chi connectivity index (χ3v) is 4.13. The maximum absolute atomic E-state index is 10.6. The zero-order valence-electron chi connectivity index (χ0n) is 14.5. The number of halogens is 2. The van der Waals surface area contributed by atoms with Crippen LogP contribution in [0.4, 0.5) is 0 Å². The summed E-state index contributed by atoms with van der Waals surface area (Å²) in [6.45, 7) is 6.45. The van der Waals surface area contributed by atoms with E-state index in [1.54, 1.807) is 13.3 Å². The summed E-state index contributed by atoms with van der Waals surface area (Å²) in [7, 11) is 11.6. The monoisotopic (exact) mass is 441 g/mol. The Morgan fingerprint density at radius 2 is 1.71 bits per heavy atom. The molecule has 0 heterocycles. The molecule has 0 aliphatic heterocycles. The van der Waals surface area contributed by atoms with Gasteiger partial charge >= 0.3 is 37.9 Å². The molecule has 128 valence electrons. The van der Waals surface area contributed by atoms with Crippen LogP contribution >= 0.6 is 17.0 Å². The third-order valence-electron chi connectivity index (χ3n) is 4.13. The molecule has 0 aliphatic rings. The first-order valence-corrected chi connectivity index (χ1v) is 14.1. The summed E-state index contributed by atoms with van der Waals surface area (Å²) in [5, 5.41) is 10.6. The van der Waals surface area contributed by atoms with Crippen LogP contribution in [0.15, 0.2) is 47.5 Å². The van der Waals surface area contributed by atoms with Gasteiger partial charge < -0.3 is 5.11 Å². The predicted octanol–water partition coefficient (Wildman–Crippen LogP) is 6.17. The number of aliphatic imine (C=N–C) groups is 1. The topological polar surface area (TPSA) is 32.6 Å². The summed E-state index contributed by atoms with van der Waals surface area (Å²) in [4.78, 5) is 4.07. The molecule has 24 heavy (non-hydrogen) atoms. The first kappa shape index (κ1) is 21.4. The number of benzene rings is 2. The molecule has 2 rings (SSSR count). The van der Waals surface area contributed by atoms with Gasteiger partial charge in [-0.2, -0.15) is 0 Å². The van der Waals surface area contributed by atoms with Gasteiger partial charge in [0.15, 0.2) is 0 Å². The zero-order valence-corrected chi connectivity index (χ0v) is 18.4. The summed E-state index contributed by atoms with van der Waals surface area (Å²) in [6.07, 6.45) is 2.68. The van der Waals surface area contributed by atoms with Crippen LogP contribution in [-0.2, 0) is 26.3 Å². The van der Waals surface area contributed by atoms with Crippen LogP contribution in [0.25, 0.3) is 11.1 Å². The zero-order chi connectivity index (χ0) is 18.2. The van der Waals surface area contributed by atoms with Crippen molar-refractivity contribution in [1.29, 1.82) is 0 Å². The second kappa shape index (κ2) is 10.4. The van der Waals surface area contributed by atoms with Crippen molar-refractivity contribution >= 4 is 23.2 Å². The van der Waals surface area contributed by atoms with Crippen molar-refractivity contribution in [3.05, 3.63) is 53.6 Å². The maximum atomic E-state index is 10.6. The van der Waals surface area contributed by atoms with Crippen LogP contribution in [-0.4, -0.2) is 18.4 Å². The molecule has 0 spiro atoms. The Balaban J connectivity index is 0.000000891. The van der Waals surface area contributed by atoms with Crippen molar-refractivity contribution in [2.24, 2.45) is 4.99 Å². The van der Waals surface area contributed by atoms with Crippen LogP contribution in [0.5, 0.6) is 5.75 Å². The number of rotatable bonds is 4. The van der Waals surface area contributed by atoms with Gasteiger partial charge in [-0.05, 0) is 35.1 Å². The molecule has 0 aromatic heterocycles. The third kappa shape index (κ3) is 5.72. The molecule has 0 aliphatic carbocycles. The number of aromatic hydroxyl groups is 1. The van der Waals surface area contributed by atoms with Crippen molar-refractivity contribution in [3.8, 4) is 16.9 Å². The summed E-state index contributed by atoms with van der Waals surface area (Å²) in [5.74, 6) is 0.340. The van der Waals surface area contributed by atoms with E-state index >= 15 is 0 Å². The van der Waals surface area contributed by atoms with E-state index in [0.717, 1.165) is 28.7 Å². The van der Waals surface area contributed by atoms with E-state index in [4.69, 9.17) is 17.0 Å². The molecule has 2 nitrogen and oxygen atoms in total. The molecule has 5 heteroatoms. The summed E-state index contributed by atoms with van der Waals surface area (Å²) >= 11 is -0.826. The molecule has 0 unspecified atom stereocenters. The Morgan fingerprint density at radius 3 is 2.21 bits per heavy atom. The van der Waals surface area contributed by atoms with Gasteiger partial charge in [0.25, 0.3) is 0 Å². The van der Waals surface area contributed by atoms with E-state index in [0.29, 0.717) is 5.75 Å². The van der Waals surface area contributed by atoms with Crippen molar-refractivity contribution in [2.45, 2.75) is 32.6 Å². The van der Waals surface area contributed by atoms with Crippen LogP contribution in [0.3, 0.4) is 0 Å². The van der Waals surface area contributed by atoms with Gasteiger partial charge in [0.05, 0.1) is 0 Å². The number of phenols is 1. The molecule has 0 fully saturated rings. The van der Waals surface area contributed by atoms with E-state index in [9.17, 15) is 5.11 Å². The second-order valence-corrected chi connectivity index (χ2v) is 9.76. The Hall–Kier alpha value is -0.627. The number of hydrogen-bond donors (Lipinski definition) is 1. The van der Waals surface area contributed by atoms with Crippen molar-refractivity contribution < 1.29 is 26.0 Å². The van der Waals surface area contributed by atoms with Crippen LogP contribution in [0, 0.1) is 0 Å². The molecule has 0 radical (unpaired) electrons. The van der Waals surface area contributed by atoms with E-state index in [2.05, 4.69) is 44.0 Å². The van der Waals surface area contributed by atoms with Crippen molar-refractivity contribution in [1.82, 2.24) is 0 Å². The summed E-state index contributed by atoms with van der Waals surface area (Å²) in [6, 6.07) is 14.3. The molecule has 2 aromatic carbocycles. The Kier molecular flexibility index (Phi) is 9.27. The van der Waals surface area contributed by atoms with Gasteiger partial charge in [0.1, 0.15) is 5.75 Å². The van der Waals surface area contributed by atoms with E-state index < -0.39 is 20.8 Å². The fourth-order valence-corrected chi connectivity index (χ4v) is 2.40. The van der Waals surface area contributed by atoms with Crippen molar-refractivity contribution in [2.75, 3.05) is 7.05 Å². The van der Waals surface area contributed by atoms with Gasteiger partial charge in [-0.1, -0.05) is 51.1 Å². The van der Waals surface area contributed by atoms with Gasteiger partial charge in [-0.15, -0.1) is 0 Å². The molecular weight excluding hydrogens is 420 g/mol. The number of hydrogen-bond acceptors (Lipinski definition) is 2. The normalized spacial score (nSPS) is 11.1. The number of phenolic OH excluding ortho intramolecular Hbond substituents is 1. The van der Waals surface area contributed by atoms with Gasteiger partial charge in [-0.3, -0.25) is 4.99 Å². The molecular formula is C19H23Cl2NOZr. The standard InChI is InChI=1S/C19H23NO.2ClH.Zr/c1-5-19(2,3)17-12-15(14-9-7-6-8-10-14)11-16(13-20-4)18(17)21;;;/h6-13,21H,5H2,1-4H3;2*1H;/q;;;+2/p-2. The molecule has 2 aromatic rings. The first-order chi connectivity index (χ1) is 11.4. The minimum absolute atomic E-state index is 0.0782. The number of nitrogens with zero attached hydrogens (tertiary/aromatic N) is 1. The van der Waals surface area contributed by atoms with Gasteiger partial charge in [0.2, 0.25) is 0 Å². The minimum atomic E-state index is -0.826. The molecule has 0 atom stereocenters. The molecule has 0 saturated carbocycles. The first-order valence-electron chi connectivity index (χ1n) is 7.72. The van der Waals surface area contributed by atoms with Crippen LogP contribution < -0.4 is 0 Å². The molecule has 0 amide bonds. The fourth-order valence-electron chi connectivity index (χ4n) is 2.40. The van der Waals surface area contributed by atoms with Crippen LogP contribution in [0.2, 0.25) is 0 Å². The average molecular weight is 444 g/mol. The fraction of sp³-hybridized carbons (Fsp3) is 0.316. The average Bonchev–Trinajstić information content (AvgIpc) is 2.58. The summed E-state index contributed by atoms with van der Waals surface area (Å²) in [5.41, 5.74) is 3.93. The summed E-state index contributed by atoms with van der Waals surface area (Å²) < 4.78 is 0.